The summed E-state index contributed by atoms with van der Waals surface area (Å²) in [5, 5.41) is 2.89. The number of carbonyl (C=O) groups is 2. The second-order valence-corrected chi connectivity index (χ2v) is 10.9. The summed E-state index contributed by atoms with van der Waals surface area (Å²) in [4.78, 5) is 23.7. The van der Waals surface area contributed by atoms with Crippen molar-refractivity contribution in [3.63, 3.8) is 0 Å². The fraction of sp³-hybridized carbons (Fsp3) is 0.481. The number of nitrogens with two attached hydrogens (primary N) is 1. The average Bonchev–Trinajstić information content (AvgIpc) is 2.71. The number of hydrogen-bond acceptors (Lipinski definition) is 4. The van der Waals surface area contributed by atoms with Crippen LogP contribution in [0.2, 0.25) is 0 Å². The van der Waals surface area contributed by atoms with E-state index in [4.69, 9.17) is 15.2 Å². The summed E-state index contributed by atoms with van der Waals surface area (Å²) in [6.07, 6.45) is 0.773. The molecule has 1 saturated carbocycles. The van der Waals surface area contributed by atoms with E-state index >= 15 is 0 Å². The molecule has 0 radical (unpaired) electrons. The molecule has 178 valence electrons. The van der Waals surface area contributed by atoms with Gasteiger partial charge in [-0.2, -0.15) is 0 Å². The number of carbonyl (C=O) groups excluding carboxylic acids is 2. The van der Waals surface area contributed by atoms with E-state index in [-0.39, 0.29) is 22.3 Å². The van der Waals surface area contributed by atoms with Crippen LogP contribution in [-0.2, 0) is 10.2 Å². The lowest BCUT2D eigenvalue weighted by atomic mass is 9.63. The highest BCUT2D eigenvalue weighted by molar-refractivity contribution is 5.70. The molecular weight excluding hydrogens is 416 g/mol. The Morgan fingerprint density at radius 3 is 2.21 bits per heavy atom. The van der Waals surface area contributed by atoms with Crippen molar-refractivity contribution < 1.29 is 19.1 Å². The summed E-state index contributed by atoms with van der Waals surface area (Å²) < 4.78 is 10.8. The van der Waals surface area contributed by atoms with Gasteiger partial charge < -0.3 is 20.5 Å². The Kier molecular flexibility index (Phi) is 7.06. The molecule has 2 unspecified atom stereocenters. The molecule has 0 heterocycles. The molecule has 0 bridgehead atoms. The maximum atomic E-state index is 12.5. The van der Waals surface area contributed by atoms with Crippen LogP contribution in [0, 0.1) is 10.8 Å². The van der Waals surface area contributed by atoms with Crippen LogP contribution in [0.4, 0.5) is 9.59 Å². The van der Waals surface area contributed by atoms with E-state index < -0.39 is 12.2 Å². The zero-order valence-corrected chi connectivity index (χ0v) is 20.3. The third-order valence-corrected chi connectivity index (χ3v) is 6.63. The quantitative estimate of drug-likeness (QED) is 0.581. The van der Waals surface area contributed by atoms with Gasteiger partial charge in [-0.05, 0) is 53.4 Å². The Morgan fingerprint density at radius 1 is 1.00 bits per heavy atom. The summed E-state index contributed by atoms with van der Waals surface area (Å²) in [6.45, 7) is 11.1. The average molecular weight is 453 g/mol. The normalized spacial score (nSPS) is 22.3. The molecule has 3 N–H and O–H groups in total. The molecule has 3 rings (SSSR count). The zero-order valence-electron chi connectivity index (χ0n) is 20.3. The highest BCUT2D eigenvalue weighted by Crippen LogP contribution is 2.46. The highest BCUT2D eigenvalue weighted by atomic mass is 16.6. The summed E-state index contributed by atoms with van der Waals surface area (Å²) in [5.74, 6) is 0.490. The monoisotopic (exact) mass is 452 g/mol. The van der Waals surface area contributed by atoms with Gasteiger partial charge in [0.1, 0.15) is 11.9 Å². The second kappa shape index (κ2) is 9.46. The minimum Gasteiger partial charge on any atom is -0.446 e. The minimum absolute atomic E-state index is 0.0277. The molecular formula is C27H36N2O4. The fourth-order valence-electron chi connectivity index (χ4n) is 5.31. The van der Waals surface area contributed by atoms with Crippen LogP contribution in [-0.4, -0.2) is 24.8 Å². The van der Waals surface area contributed by atoms with E-state index in [1.54, 1.807) is 0 Å². The molecule has 6 nitrogen and oxygen atoms in total. The van der Waals surface area contributed by atoms with Gasteiger partial charge >= 0.3 is 12.2 Å². The number of hydrogen-bond donors (Lipinski definition) is 2. The van der Waals surface area contributed by atoms with Crippen LogP contribution in [0.25, 0.3) is 0 Å². The molecule has 2 amide bonds. The van der Waals surface area contributed by atoms with Gasteiger partial charge in [0.2, 0.25) is 0 Å². The summed E-state index contributed by atoms with van der Waals surface area (Å²) in [6, 6.07) is 17.9. The number of ether oxygens (including phenoxy) is 2. The maximum Gasteiger partial charge on any atom is 0.412 e. The van der Waals surface area contributed by atoms with E-state index in [1.807, 2.05) is 42.5 Å². The van der Waals surface area contributed by atoms with E-state index in [0.29, 0.717) is 18.7 Å². The summed E-state index contributed by atoms with van der Waals surface area (Å²) in [7, 11) is 0. The van der Waals surface area contributed by atoms with Crippen molar-refractivity contribution in [1.29, 1.82) is 0 Å². The van der Waals surface area contributed by atoms with Crippen LogP contribution in [0.15, 0.2) is 54.6 Å². The number of amides is 2. The molecule has 1 aliphatic carbocycles. The topological polar surface area (TPSA) is 90.6 Å². The Labute approximate surface area is 196 Å². The summed E-state index contributed by atoms with van der Waals surface area (Å²) >= 11 is 0. The molecule has 0 aliphatic heterocycles. The first-order valence-electron chi connectivity index (χ1n) is 11.5. The van der Waals surface area contributed by atoms with Gasteiger partial charge in [0.25, 0.3) is 0 Å². The largest absolute Gasteiger partial charge is 0.446 e. The van der Waals surface area contributed by atoms with Crippen molar-refractivity contribution in [3.8, 4) is 5.75 Å². The van der Waals surface area contributed by atoms with Crippen LogP contribution >= 0.6 is 0 Å². The van der Waals surface area contributed by atoms with Crippen molar-refractivity contribution in [2.75, 3.05) is 6.54 Å². The Hall–Kier alpha value is -3.02. The molecule has 0 aromatic heterocycles. The van der Waals surface area contributed by atoms with Gasteiger partial charge in [-0.15, -0.1) is 0 Å². The van der Waals surface area contributed by atoms with Gasteiger partial charge in [0, 0.05) is 12.0 Å². The molecule has 1 aliphatic rings. The van der Waals surface area contributed by atoms with E-state index in [0.717, 1.165) is 18.4 Å². The van der Waals surface area contributed by atoms with Crippen LogP contribution < -0.4 is 15.8 Å². The van der Waals surface area contributed by atoms with Gasteiger partial charge in [0.05, 0.1) is 0 Å². The first kappa shape index (κ1) is 24.6. The van der Waals surface area contributed by atoms with Gasteiger partial charge in [0.15, 0.2) is 0 Å². The van der Waals surface area contributed by atoms with Crippen molar-refractivity contribution >= 4 is 12.2 Å². The van der Waals surface area contributed by atoms with Gasteiger partial charge in [-0.1, -0.05) is 77.1 Å². The highest BCUT2D eigenvalue weighted by Gasteiger charge is 2.42. The zero-order chi connectivity index (χ0) is 24.3. The minimum atomic E-state index is -0.758. The van der Waals surface area contributed by atoms with Crippen molar-refractivity contribution in [2.24, 2.45) is 16.6 Å². The smallest absolute Gasteiger partial charge is 0.412 e. The molecule has 6 heteroatoms. The standard InChI is InChI=1S/C27H36N2O4/c1-25(2)15-22(32-23(28)30)16-27(5,17-25)18-29-24(31)33-21-13-11-20(12-14-21)26(3,4)19-9-7-6-8-10-19/h6-14,22H,15-18H2,1-5H3,(H2,28,30)(H,29,31). The SMILES string of the molecule is CC1(C)CC(OC(N)=O)CC(C)(CNC(=O)Oc2ccc(C(C)(C)c3ccccc3)cc2)C1. The van der Waals surface area contributed by atoms with E-state index in [1.165, 1.54) is 5.56 Å². The maximum absolute atomic E-state index is 12.5. The number of rotatable bonds is 6. The number of primary amides is 1. The van der Waals surface area contributed by atoms with E-state index in [2.05, 4.69) is 52.1 Å². The summed E-state index contributed by atoms with van der Waals surface area (Å²) in [5.41, 5.74) is 7.17. The second-order valence-electron chi connectivity index (χ2n) is 10.9. The number of nitrogens with one attached hydrogen (secondary N) is 1. The predicted molar refractivity (Wildman–Crippen MR) is 129 cm³/mol. The first-order chi connectivity index (χ1) is 15.4. The fourth-order valence-corrected chi connectivity index (χ4v) is 5.31. The molecule has 33 heavy (non-hydrogen) atoms. The molecule has 1 fully saturated rings. The Bertz CT molecular complexity index is 969. The lowest BCUT2D eigenvalue weighted by molar-refractivity contribution is -0.0163. The number of benzene rings is 2. The molecule has 2 atom stereocenters. The third kappa shape index (κ3) is 6.50. The van der Waals surface area contributed by atoms with Crippen LogP contribution in [0.5, 0.6) is 5.75 Å². The predicted octanol–water partition coefficient (Wildman–Crippen LogP) is 5.78. The lowest BCUT2D eigenvalue weighted by Crippen LogP contribution is -2.47. The molecule has 2 aromatic carbocycles. The first-order valence-corrected chi connectivity index (χ1v) is 11.5. The Morgan fingerprint density at radius 2 is 1.61 bits per heavy atom. The third-order valence-electron chi connectivity index (χ3n) is 6.63. The van der Waals surface area contributed by atoms with E-state index in [9.17, 15) is 9.59 Å². The molecule has 0 saturated heterocycles. The molecule has 0 spiro atoms. The van der Waals surface area contributed by atoms with Crippen LogP contribution in [0.3, 0.4) is 0 Å². The van der Waals surface area contributed by atoms with Gasteiger partial charge in [-0.3, -0.25) is 0 Å². The van der Waals surface area contributed by atoms with Crippen molar-refractivity contribution in [1.82, 2.24) is 5.32 Å². The molecule has 2 aromatic rings. The Balaban J connectivity index is 1.59. The lowest BCUT2D eigenvalue weighted by Gasteiger charge is -2.45. The van der Waals surface area contributed by atoms with Gasteiger partial charge in [-0.25, -0.2) is 9.59 Å². The van der Waals surface area contributed by atoms with Crippen molar-refractivity contribution in [3.05, 3.63) is 65.7 Å². The van der Waals surface area contributed by atoms with Crippen molar-refractivity contribution in [2.45, 2.75) is 65.4 Å². The van der Waals surface area contributed by atoms with Crippen LogP contribution in [0.1, 0.15) is 65.0 Å².